The van der Waals surface area contributed by atoms with Gasteiger partial charge in [-0.3, -0.25) is 0 Å². The number of ether oxygens (including phenoxy) is 1. The number of nitrogens with one attached hydrogen (secondary N) is 1. The summed E-state index contributed by atoms with van der Waals surface area (Å²) in [7, 11) is 0. The molecule has 0 saturated carbocycles. The molecule has 1 rings (SSSR count). The average Bonchev–Trinajstić information content (AvgIpc) is 1.90. The molecule has 1 atom stereocenters. The monoisotopic (exact) mass is 227 g/mol. The third kappa shape index (κ3) is 1.87. The van der Waals surface area contributed by atoms with E-state index in [1.165, 1.54) is 0 Å². The summed E-state index contributed by atoms with van der Waals surface area (Å²) >= 11 is 2.34. The summed E-state index contributed by atoms with van der Waals surface area (Å²) < 4.78 is 6.46. The van der Waals surface area contributed by atoms with E-state index < -0.39 is 0 Å². The van der Waals surface area contributed by atoms with Crippen molar-refractivity contribution >= 4 is 22.6 Å². The highest BCUT2D eigenvalue weighted by Crippen LogP contribution is 1.98. The minimum absolute atomic E-state index is 0.462. The molecule has 0 aliphatic carbocycles. The van der Waals surface area contributed by atoms with E-state index in [4.69, 9.17) is 4.74 Å². The van der Waals surface area contributed by atoms with Gasteiger partial charge in [0.25, 0.3) is 0 Å². The Balaban J connectivity index is 2.13. The molecule has 1 unspecified atom stereocenters. The van der Waals surface area contributed by atoms with E-state index in [0.29, 0.717) is 6.10 Å². The van der Waals surface area contributed by atoms with Crippen molar-refractivity contribution in [2.45, 2.75) is 6.10 Å². The summed E-state index contributed by atoms with van der Waals surface area (Å²) in [5.41, 5.74) is 0. The van der Waals surface area contributed by atoms with E-state index >= 15 is 0 Å². The van der Waals surface area contributed by atoms with Gasteiger partial charge in [-0.2, -0.15) is 0 Å². The molecule has 48 valence electrons. The second-order valence-electron chi connectivity index (χ2n) is 1.85. The van der Waals surface area contributed by atoms with Crippen LogP contribution in [-0.4, -0.2) is 30.2 Å². The summed E-state index contributed by atoms with van der Waals surface area (Å²) in [4.78, 5) is 0. The Morgan fingerprint density at radius 2 is 2.62 bits per heavy atom. The number of morpholine rings is 1. The predicted octanol–water partition coefficient (Wildman–Crippen LogP) is 0.410. The fourth-order valence-electron chi connectivity index (χ4n) is 0.719. The lowest BCUT2D eigenvalue weighted by atomic mass is 10.3. The van der Waals surface area contributed by atoms with Crippen molar-refractivity contribution in [1.82, 2.24) is 5.32 Å². The molecule has 0 spiro atoms. The fraction of sp³-hybridized carbons (Fsp3) is 1.00. The maximum absolute atomic E-state index is 5.36. The van der Waals surface area contributed by atoms with Crippen LogP contribution in [0.25, 0.3) is 0 Å². The molecule has 8 heavy (non-hydrogen) atoms. The molecule has 1 fully saturated rings. The fourth-order valence-corrected chi connectivity index (χ4v) is 1.28. The molecule has 0 aromatic rings. The number of rotatable bonds is 1. The lowest BCUT2D eigenvalue weighted by Gasteiger charge is -2.21. The Morgan fingerprint density at radius 3 is 3.00 bits per heavy atom. The van der Waals surface area contributed by atoms with Crippen molar-refractivity contribution in [2.24, 2.45) is 0 Å². The van der Waals surface area contributed by atoms with Gasteiger partial charge in [-0.15, -0.1) is 0 Å². The zero-order chi connectivity index (χ0) is 5.82. The van der Waals surface area contributed by atoms with Gasteiger partial charge in [0, 0.05) is 17.5 Å². The number of hydrogen-bond acceptors (Lipinski definition) is 2. The van der Waals surface area contributed by atoms with Crippen LogP contribution >= 0.6 is 22.6 Å². The Bertz CT molecular complexity index is 63.4. The van der Waals surface area contributed by atoms with E-state index in [0.717, 1.165) is 24.1 Å². The van der Waals surface area contributed by atoms with Crippen LogP contribution in [0.4, 0.5) is 0 Å². The van der Waals surface area contributed by atoms with Gasteiger partial charge in [-0.05, 0) is 0 Å². The zero-order valence-corrected chi connectivity index (χ0v) is 6.85. The van der Waals surface area contributed by atoms with Crippen LogP contribution in [0, 0.1) is 0 Å². The molecule has 1 aliphatic rings. The van der Waals surface area contributed by atoms with Gasteiger partial charge >= 0.3 is 0 Å². The normalized spacial score (nSPS) is 30.4. The van der Waals surface area contributed by atoms with Crippen molar-refractivity contribution in [1.29, 1.82) is 0 Å². The SMILES string of the molecule is ICC1CNCCO1. The smallest absolute Gasteiger partial charge is 0.0789 e. The second kappa shape index (κ2) is 3.63. The van der Waals surface area contributed by atoms with Crippen molar-refractivity contribution in [3.8, 4) is 0 Å². The predicted molar refractivity (Wildman–Crippen MR) is 41.5 cm³/mol. The lowest BCUT2D eigenvalue weighted by Crippen LogP contribution is -2.39. The lowest BCUT2D eigenvalue weighted by molar-refractivity contribution is 0.0459. The van der Waals surface area contributed by atoms with E-state index in [2.05, 4.69) is 27.9 Å². The van der Waals surface area contributed by atoms with Crippen LogP contribution < -0.4 is 5.32 Å². The highest BCUT2D eigenvalue weighted by molar-refractivity contribution is 14.1. The van der Waals surface area contributed by atoms with Gasteiger partial charge in [0.15, 0.2) is 0 Å². The molecule has 2 nitrogen and oxygen atoms in total. The first kappa shape index (κ1) is 6.77. The minimum Gasteiger partial charge on any atom is -0.375 e. The summed E-state index contributed by atoms with van der Waals surface area (Å²) in [6.45, 7) is 2.93. The highest BCUT2D eigenvalue weighted by atomic mass is 127. The van der Waals surface area contributed by atoms with Gasteiger partial charge < -0.3 is 10.1 Å². The van der Waals surface area contributed by atoms with Gasteiger partial charge in [0.2, 0.25) is 0 Å². The third-order valence-electron chi connectivity index (χ3n) is 1.18. The van der Waals surface area contributed by atoms with Crippen molar-refractivity contribution in [3.05, 3.63) is 0 Å². The molecule has 1 heterocycles. The van der Waals surface area contributed by atoms with E-state index in [1.807, 2.05) is 0 Å². The Kier molecular flexibility index (Phi) is 3.07. The molecule has 0 amide bonds. The first-order chi connectivity index (χ1) is 3.93. The van der Waals surface area contributed by atoms with Crippen LogP contribution in [0.5, 0.6) is 0 Å². The zero-order valence-electron chi connectivity index (χ0n) is 4.69. The Hall–Kier alpha value is 0.650. The van der Waals surface area contributed by atoms with E-state index in [1.54, 1.807) is 0 Å². The van der Waals surface area contributed by atoms with Gasteiger partial charge in [-0.25, -0.2) is 0 Å². The van der Waals surface area contributed by atoms with Crippen LogP contribution in [-0.2, 0) is 4.74 Å². The first-order valence-electron chi connectivity index (χ1n) is 2.82. The number of halogens is 1. The maximum Gasteiger partial charge on any atom is 0.0789 e. The molecule has 1 aliphatic heterocycles. The molecule has 0 aromatic heterocycles. The molecule has 1 N–H and O–H groups in total. The molecule has 0 aromatic carbocycles. The summed E-state index contributed by atoms with van der Waals surface area (Å²) in [6.07, 6.45) is 0.462. The molecule has 1 saturated heterocycles. The summed E-state index contributed by atoms with van der Waals surface area (Å²) in [5, 5.41) is 3.26. The summed E-state index contributed by atoms with van der Waals surface area (Å²) in [5.74, 6) is 0. The van der Waals surface area contributed by atoms with Crippen molar-refractivity contribution < 1.29 is 4.74 Å². The quantitative estimate of drug-likeness (QED) is 0.517. The van der Waals surface area contributed by atoms with E-state index in [9.17, 15) is 0 Å². The Morgan fingerprint density at radius 1 is 1.75 bits per heavy atom. The van der Waals surface area contributed by atoms with Gasteiger partial charge in [0.05, 0.1) is 12.7 Å². The number of hydrogen-bond donors (Lipinski definition) is 1. The molecular formula is C5H10INO. The largest absolute Gasteiger partial charge is 0.375 e. The molecule has 3 heteroatoms. The topological polar surface area (TPSA) is 21.3 Å². The molecule has 0 radical (unpaired) electrons. The maximum atomic E-state index is 5.36. The average molecular weight is 227 g/mol. The van der Waals surface area contributed by atoms with Gasteiger partial charge in [-0.1, -0.05) is 22.6 Å². The van der Waals surface area contributed by atoms with E-state index in [-0.39, 0.29) is 0 Å². The van der Waals surface area contributed by atoms with Crippen LogP contribution in [0.2, 0.25) is 0 Å². The first-order valence-corrected chi connectivity index (χ1v) is 4.34. The third-order valence-corrected chi connectivity index (χ3v) is 2.16. The van der Waals surface area contributed by atoms with Crippen molar-refractivity contribution in [2.75, 3.05) is 24.1 Å². The van der Waals surface area contributed by atoms with Crippen molar-refractivity contribution in [3.63, 3.8) is 0 Å². The minimum atomic E-state index is 0.462. The number of alkyl halides is 1. The molecule has 0 bridgehead atoms. The van der Waals surface area contributed by atoms with Crippen LogP contribution in [0.3, 0.4) is 0 Å². The van der Waals surface area contributed by atoms with Crippen LogP contribution in [0.1, 0.15) is 0 Å². The highest BCUT2D eigenvalue weighted by Gasteiger charge is 2.09. The van der Waals surface area contributed by atoms with Crippen LogP contribution in [0.15, 0.2) is 0 Å². The molecular weight excluding hydrogens is 217 g/mol. The summed E-state index contributed by atoms with van der Waals surface area (Å²) in [6, 6.07) is 0. The standard InChI is InChI=1S/C5H10INO/c6-3-5-4-7-1-2-8-5/h5,7H,1-4H2. The second-order valence-corrected chi connectivity index (χ2v) is 2.73. The van der Waals surface area contributed by atoms with Gasteiger partial charge in [0.1, 0.15) is 0 Å². The Labute approximate surface area is 63.1 Å².